The maximum Gasteiger partial charge on any atom is 0.253 e. The minimum atomic E-state index is -0.914. The lowest BCUT2D eigenvalue weighted by Crippen LogP contribution is -2.42. The van der Waals surface area contributed by atoms with Crippen LogP contribution in [-0.2, 0) is 0 Å². The molecule has 0 aliphatic heterocycles. The number of rotatable bonds is 5. The summed E-state index contributed by atoms with van der Waals surface area (Å²) in [5.41, 5.74) is 1.19. The number of hydrogen-bond acceptors (Lipinski definition) is 4. The van der Waals surface area contributed by atoms with Crippen molar-refractivity contribution in [1.29, 1.82) is 0 Å². The predicted molar refractivity (Wildman–Crippen MR) is 87.8 cm³/mol. The molecule has 1 amide bonds. The summed E-state index contributed by atoms with van der Waals surface area (Å²) in [5, 5.41) is 13.8. The highest BCUT2D eigenvalue weighted by Gasteiger charge is 2.21. The molecule has 0 saturated carbocycles. The Kier molecular flexibility index (Phi) is 4.85. The fourth-order valence-corrected chi connectivity index (χ4v) is 2.88. The number of carbonyl (C=O) groups excluding carboxylic acids is 1. The zero-order valence-electron chi connectivity index (χ0n) is 12.5. The number of carbonyl (C=O) groups is 1. The monoisotopic (exact) mass is 304 g/mol. The number of aromatic nitrogens is 1. The van der Waals surface area contributed by atoms with Gasteiger partial charge in [0, 0.05) is 23.4 Å². The molecule has 0 aliphatic rings. The van der Waals surface area contributed by atoms with Gasteiger partial charge in [0.25, 0.3) is 5.91 Å². The van der Waals surface area contributed by atoms with Crippen LogP contribution in [0.2, 0.25) is 0 Å². The summed E-state index contributed by atoms with van der Waals surface area (Å²) in [7, 11) is 0. The zero-order valence-corrected chi connectivity index (χ0v) is 13.3. The average molecular weight is 304 g/mol. The molecule has 1 unspecified atom stereocenters. The van der Waals surface area contributed by atoms with E-state index in [1.807, 2.05) is 37.4 Å². The first-order valence-electron chi connectivity index (χ1n) is 6.79. The van der Waals surface area contributed by atoms with Crippen LogP contribution >= 0.6 is 11.8 Å². The van der Waals surface area contributed by atoms with Crippen molar-refractivity contribution in [3.63, 3.8) is 0 Å². The third-order valence-corrected chi connectivity index (χ3v) is 4.10. The largest absolute Gasteiger partial charge is 0.387 e. The summed E-state index contributed by atoms with van der Waals surface area (Å²) in [6.45, 7) is 3.83. The molecule has 0 saturated heterocycles. The number of aryl methyl sites for hydroxylation is 1. The minimum Gasteiger partial charge on any atom is -0.387 e. The van der Waals surface area contributed by atoms with E-state index in [0.29, 0.717) is 16.8 Å². The van der Waals surface area contributed by atoms with Crippen molar-refractivity contribution in [2.75, 3.05) is 18.6 Å². The summed E-state index contributed by atoms with van der Waals surface area (Å²) in [6.07, 6.45) is 1.92. The Bertz CT molecular complexity index is 656. The summed E-state index contributed by atoms with van der Waals surface area (Å²) < 4.78 is 0. The molecule has 1 aromatic heterocycles. The van der Waals surface area contributed by atoms with Crippen molar-refractivity contribution in [3.05, 3.63) is 41.6 Å². The second-order valence-electron chi connectivity index (χ2n) is 5.44. The lowest BCUT2D eigenvalue weighted by atomic mass is 10.1. The molecule has 0 bridgehead atoms. The number of fused-ring (bicyclic) bond motifs is 1. The Balaban J connectivity index is 2.22. The second-order valence-corrected chi connectivity index (χ2v) is 6.31. The van der Waals surface area contributed by atoms with Gasteiger partial charge in [0.15, 0.2) is 0 Å². The second kappa shape index (κ2) is 6.45. The fraction of sp³-hybridized carbons (Fsp3) is 0.375. The van der Waals surface area contributed by atoms with E-state index < -0.39 is 5.60 Å². The van der Waals surface area contributed by atoms with Gasteiger partial charge in [-0.1, -0.05) is 18.2 Å². The number of pyridine rings is 1. The number of hydrogen-bond donors (Lipinski definition) is 2. The maximum atomic E-state index is 12.4. The van der Waals surface area contributed by atoms with Crippen LogP contribution in [0.5, 0.6) is 0 Å². The summed E-state index contributed by atoms with van der Waals surface area (Å²) >= 11 is 1.55. The molecule has 21 heavy (non-hydrogen) atoms. The number of thioether (sulfide) groups is 1. The van der Waals surface area contributed by atoms with Gasteiger partial charge < -0.3 is 10.4 Å². The van der Waals surface area contributed by atoms with Crippen LogP contribution in [0.3, 0.4) is 0 Å². The molecule has 1 aromatic carbocycles. The molecule has 2 aromatic rings. The van der Waals surface area contributed by atoms with Gasteiger partial charge in [-0.3, -0.25) is 9.78 Å². The fourth-order valence-electron chi connectivity index (χ4n) is 2.16. The standard InChI is InChI=1S/C16H20N2O2S/c1-11-7-8-12-5-4-6-13(14(12)18-11)15(19)17-9-16(2,20)10-21-3/h4-8,20H,9-10H2,1-3H3,(H,17,19). The molecule has 2 rings (SSSR count). The highest BCUT2D eigenvalue weighted by Crippen LogP contribution is 2.17. The molecule has 0 radical (unpaired) electrons. The van der Waals surface area contributed by atoms with Crippen molar-refractivity contribution < 1.29 is 9.90 Å². The Hall–Kier alpha value is -1.59. The van der Waals surface area contributed by atoms with Crippen LogP contribution in [0.25, 0.3) is 10.9 Å². The number of aliphatic hydroxyl groups is 1. The van der Waals surface area contributed by atoms with E-state index in [4.69, 9.17) is 0 Å². The zero-order chi connectivity index (χ0) is 15.5. The van der Waals surface area contributed by atoms with Gasteiger partial charge in [0.05, 0.1) is 16.7 Å². The van der Waals surface area contributed by atoms with E-state index in [0.717, 1.165) is 11.1 Å². The Morgan fingerprint density at radius 3 is 2.86 bits per heavy atom. The molecule has 112 valence electrons. The summed E-state index contributed by atoms with van der Waals surface area (Å²) in [6, 6.07) is 9.41. The maximum absolute atomic E-state index is 12.4. The molecule has 1 heterocycles. The van der Waals surface area contributed by atoms with Gasteiger partial charge in [-0.2, -0.15) is 11.8 Å². The average Bonchev–Trinajstić information content (AvgIpc) is 2.44. The first-order chi connectivity index (χ1) is 9.93. The van der Waals surface area contributed by atoms with E-state index in [-0.39, 0.29) is 12.5 Å². The van der Waals surface area contributed by atoms with Crippen LogP contribution in [0.4, 0.5) is 0 Å². The highest BCUT2D eigenvalue weighted by atomic mass is 32.2. The van der Waals surface area contributed by atoms with Crippen LogP contribution in [0.1, 0.15) is 23.0 Å². The van der Waals surface area contributed by atoms with Crippen molar-refractivity contribution in [2.24, 2.45) is 0 Å². The van der Waals surface area contributed by atoms with E-state index in [2.05, 4.69) is 10.3 Å². The smallest absolute Gasteiger partial charge is 0.253 e. The van der Waals surface area contributed by atoms with Crippen LogP contribution in [0.15, 0.2) is 30.3 Å². The van der Waals surface area contributed by atoms with Crippen molar-refractivity contribution >= 4 is 28.6 Å². The molecule has 4 nitrogen and oxygen atoms in total. The highest BCUT2D eigenvalue weighted by molar-refractivity contribution is 7.98. The SMILES string of the molecule is CSCC(C)(O)CNC(=O)c1cccc2ccc(C)nc12. The third-order valence-electron chi connectivity index (χ3n) is 3.19. The van der Waals surface area contributed by atoms with Gasteiger partial charge in [0.2, 0.25) is 0 Å². The van der Waals surface area contributed by atoms with Crippen LogP contribution < -0.4 is 5.32 Å². The lowest BCUT2D eigenvalue weighted by Gasteiger charge is -2.22. The molecular weight excluding hydrogens is 284 g/mol. The Morgan fingerprint density at radius 1 is 1.38 bits per heavy atom. The number of para-hydroxylation sites is 1. The van der Waals surface area contributed by atoms with E-state index in [9.17, 15) is 9.90 Å². The summed E-state index contributed by atoms with van der Waals surface area (Å²) in [4.78, 5) is 16.8. The Morgan fingerprint density at radius 2 is 2.14 bits per heavy atom. The van der Waals surface area contributed by atoms with E-state index in [1.165, 1.54) is 0 Å². The predicted octanol–water partition coefficient (Wildman–Crippen LogP) is 2.39. The first-order valence-corrected chi connectivity index (χ1v) is 8.18. The topological polar surface area (TPSA) is 62.2 Å². The normalized spacial score (nSPS) is 13.9. The van der Waals surface area contributed by atoms with Crippen LogP contribution in [-0.4, -0.2) is 40.2 Å². The van der Waals surface area contributed by atoms with Gasteiger partial charge in [-0.25, -0.2) is 0 Å². The molecule has 0 spiro atoms. The van der Waals surface area contributed by atoms with Gasteiger partial charge in [-0.15, -0.1) is 0 Å². The minimum absolute atomic E-state index is 0.208. The Labute approximate surface area is 129 Å². The lowest BCUT2D eigenvalue weighted by molar-refractivity contribution is 0.0726. The van der Waals surface area contributed by atoms with E-state index >= 15 is 0 Å². The van der Waals surface area contributed by atoms with Gasteiger partial charge >= 0.3 is 0 Å². The molecule has 0 fully saturated rings. The molecule has 0 aliphatic carbocycles. The molecule has 2 N–H and O–H groups in total. The number of nitrogens with one attached hydrogen (secondary N) is 1. The molecular formula is C16H20N2O2S. The van der Waals surface area contributed by atoms with Crippen molar-refractivity contribution in [2.45, 2.75) is 19.4 Å². The van der Waals surface area contributed by atoms with Crippen molar-refractivity contribution in [1.82, 2.24) is 10.3 Å². The van der Waals surface area contributed by atoms with E-state index in [1.54, 1.807) is 24.8 Å². The quantitative estimate of drug-likeness (QED) is 0.890. The number of benzene rings is 1. The molecule has 5 heteroatoms. The number of amides is 1. The van der Waals surface area contributed by atoms with Crippen LogP contribution in [0, 0.1) is 6.92 Å². The van der Waals surface area contributed by atoms with Gasteiger partial charge in [0.1, 0.15) is 0 Å². The third kappa shape index (κ3) is 3.95. The molecule has 1 atom stereocenters. The number of nitrogens with zero attached hydrogens (tertiary/aromatic N) is 1. The first kappa shape index (κ1) is 15.8. The summed E-state index contributed by atoms with van der Waals surface area (Å²) in [5.74, 6) is 0.361. The van der Waals surface area contributed by atoms with Gasteiger partial charge in [-0.05, 0) is 32.2 Å². The van der Waals surface area contributed by atoms with Crippen molar-refractivity contribution in [3.8, 4) is 0 Å².